The van der Waals surface area contributed by atoms with E-state index in [9.17, 15) is 4.79 Å². The lowest BCUT2D eigenvalue weighted by Gasteiger charge is -2.31. The molecule has 0 aliphatic carbocycles. The molecule has 1 aliphatic heterocycles. The number of benzene rings is 1. The van der Waals surface area contributed by atoms with Crippen molar-refractivity contribution < 1.29 is 9.53 Å². The van der Waals surface area contributed by atoms with Crippen molar-refractivity contribution in [3.8, 4) is 5.75 Å². The summed E-state index contributed by atoms with van der Waals surface area (Å²) < 4.78 is 5.77. The Labute approximate surface area is 147 Å². The lowest BCUT2D eigenvalue weighted by atomic mass is 9.94. The van der Waals surface area contributed by atoms with E-state index in [0.717, 1.165) is 61.9 Å². The minimum absolute atomic E-state index is 0.254. The van der Waals surface area contributed by atoms with E-state index in [1.54, 1.807) is 0 Å². The predicted molar refractivity (Wildman–Crippen MR) is 100 cm³/mol. The van der Waals surface area contributed by atoms with Gasteiger partial charge in [-0.3, -0.25) is 4.79 Å². The highest BCUT2D eigenvalue weighted by atomic mass is 16.5. The van der Waals surface area contributed by atoms with E-state index in [1.165, 1.54) is 19.3 Å². The summed E-state index contributed by atoms with van der Waals surface area (Å²) in [6.07, 6.45) is 6.37. The van der Waals surface area contributed by atoms with Crippen LogP contribution in [-0.4, -0.2) is 36.9 Å². The van der Waals surface area contributed by atoms with Crippen molar-refractivity contribution in [3.05, 3.63) is 29.3 Å². The molecule has 0 atom stereocenters. The smallest absolute Gasteiger partial charge is 0.164 e. The predicted octanol–water partition coefficient (Wildman–Crippen LogP) is 4.73. The lowest BCUT2D eigenvalue weighted by molar-refractivity contribution is 0.0950. The van der Waals surface area contributed by atoms with Crippen LogP contribution in [0, 0.1) is 5.92 Å². The maximum absolute atomic E-state index is 12.5. The zero-order chi connectivity index (χ0) is 17.4. The molecule has 0 radical (unpaired) electrons. The number of aryl methyl sites for hydroxylation is 1. The molecule has 0 bridgehead atoms. The molecule has 1 heterocycles. The van der Waals surface area contributed by atoms with Gasteiger partial charge in [0.05, 0.1) is 6.61 Å². The Balaban J connectivity index is 1.88. The molecule has 0 N–H and O–H groups in total. The quantitative estimate of drug-likeness (QED) is 0.613. The first kappa shape index (κ1) is 19.0. The van der Waals surface area contributed by atoms with Crippen LogP contribution in [0.3, 0.4) is 0 Å². The van der Waals surface area contributed by atoms with Gasteiger partial charge in [0, 0.05) is 18.5 Å². The number of ether oxygens (including phenoxy) is 1. The monoisotopic (exact) mass is 331 g/mol. The maximum Gasteiger partial charge on any atom is 0.164 e. The zero-order valence-corrected chi connectivity index (χ0v) is 15.6. The van der Waals surface area contributed by atoms with E-state index in [0.29, 0.717) is 6.42 Å². The number of Topliss-reactive ketones (excluding diaryl/α,β-unsaturated/α-hetero) is 1. The Kier molecular flexibility index (Phi) is 7.77. The Morgan fingerprint density at radius 1 is 1.21 bits per heavy atom. The molecular formula is C21H33NO2. The highest BCUT2D eigenvalue weighted by Gasteiger charge is 2.18. The van der Waals surface area contributed by atoms with E-state index in [-0.39, 0.29) is 5.78 Å². The summed E-state index contributed by atoms with van der Waals surface area (Å²) in [5.74, 6) is 2.07. The number of piperidine rings is 1. The van der Waals surface area contributed by atoms with Gasteiger partial charge in [-0.05, 0) is 68.5 Å². The standard InChI is InChI=1S/C21H33NO2/c1-4-15-24-21-8-7-19(16-18(21)6-3)20(23)11-14-22-12-9-17(5-2)10-13-22/h7-8,16-17H,4-6,9-15H2,1-3H3. The van der Waals surface area contributed by atoms with Gasteiger partial charge >= 0.3 is 0 Å². The molecular weight excluding hydrogens is 298 g/mol. The summed E-state index contributed by atoms with van der Waals surface area (Å²) in [6.45, 7) is 10.4. The number of hydrogen-bond acceptors (Lipinski definition) is 3. The molecule has 0 spiro atoms. The van der Waals surface area contributed by atoms with Crippen LogP contribution in [0.25, 0.3) is 0 Å². The van der Waals surface area contributed by atoms with Gasteiger partial charge in [0.25, 0.3) is 0 Å². The fourth-order valence-corrected chi connectivity index (χ4v) is 3.40. The molecule has 1 fully saturated rings. The molecule has 1 saturated heterocycles. The number of carbonyl (C=O) groups is 1. The van der Waals surface area contributed by atoms with Gasteiger partial charge in [0.1, 0.15) is 5.75 Å². The highest BCUT2D eigenvalue weighted by molar-refractivity contribution is 5.96. The Morgan fingerprint density at radius 2 is 1.96 bits per heavy atom. The van der Waals surface area contributed by atoms with Crippen LogP contribution in [0.1, 0.15) is 68.8 Å². The summed E-state index contributed by atoms with van der Waals surface area (Å²) >= 11 is 0. The molecule has 0 amide bonds. The van der Waals surface area contributed by atoms with Gasteiger partial charge < -0.3 is 9.64 Å². The average Bonchev–Trinajstić information content (AvgIpc) is 2.64. The van der Waals surface area contributed by atoms with Crippen molar-refractivity contribution in [2.75, 3.05) is 26.2 Å². The van der Waals surface area contributed by atoms with E-state index in [4.69, 9.17) is 4.74 Å². The van der Waals surface area contributed by atoms with Crippen LogP contribution in [0.15, 0.2) is 18.2 Å². The zero-order valence-electron chi connectivity index (χ0n) is 15.6. The van der Waals surface area contributed by atoms with Crippen molar-refractivity contribution in [2.45, 2.75) is 59.3 Å². The fourth-order valence-electron chi connectivity index (χ4n) is 3.40. The summed E-state index contributed by atoms with van der Waals surface area (Å²) in [7, 11) is 0. The molecule has 2 rings (SSSR count). The number of ketones is 1. The van der Waals surface area contributed by atoms with Gasteiger partial charge in [0.2, 0.25) is 0 Å². The minimum Gasteiger partial charge on any atom is -0.493 e. The average molecular weight is 332 g/mol. The van der Waals surface area contributed by atoms with Gasteiger partial charge in [-0.1, -0.05) is 27.2 Å². The second kappa shape index (κ2) is 9.83. The molecule has 1 aliphatic rings. The van der Waals surface area contributed by atoms with E-state index >= 15 is 0 Å². The molecule has 3 heteroatoms. The van der Waals surface area contributed by atoms with Gasteiger partial charge in [-0.15, -0.1) is 0 Å². The molecule has 0 saturated carbocycles. The van der Waals surface area contributed by atoms with Gasteiger partial charge in [0.15, 0.2) is 5.78 Å². The molecule has 24 heavy (non-hydrogen) atoms. The van der Waals surface area contributed by atoms with Crippen molar-refractivity contribution >= 4 is 5.78 Å². The lowest BCUT2D eigenvalue weighted by Crippen LogP contribution is -2.35. The van der Waals surface area contributed by atoms with Crippen LogP contribution in [-0.2, 0) is 6.42 Å². The van der Waals surface area contributed by atoms with E-state index < -0.39 is 0 Å². The van der Waals surface area contributed by atoms with Crippen molar-refractivity contribution in [3.63, 3.8) is 0 Å². The first-order chi connectivity index (χ1) is 11.7. The van der Waals surface area contributed by atoms with Crippen LogP contribution in [0.2, 0.25) is 0 Å². The fraction of sp³-hybridized carbons (Fsp3) is 0.667. The molecule has 1 aromatic rings. The minimum atomic E-state index is 0.254. The van der Waals surface area contributed by atoms with Crippen LogP contribution in [0.4, 0.5) is 0 Å². The van der Waals surface area contributed by atoms with E-state index in [1.807, 2.05) is 18.2 Å². The summed E-state index contributed by atoms with van der Waals surface area (Å²) in [5.41, 5.74) is 1.97. The summed E-state index contributed by atoms with van der Waals surface area (Å²) in [4.78, 5) is 15.0. The first-order valence-corrected chi connectivity index (χ1v) is 9.69. The highest BCUT2D eigenvalue weighted by Crippen LogP contribution is 2.23. The van der Waals surface area contributed by atoms with E-state index in [2.05, 4.69) is 25.7 Å². The third-order valence-electron chi connectivity index (χ3n) is 5.16. The maximum atomic E-state index is 12.5. The van der Waals surface area contributed by atoms with Crippen molar-refractivity contribution in [2.24, 2.45) is 5.92 Å². The SMILES string of the molecule is CCCOc1ccc(C(=O)CCN2CCC(CC)CC2)cc1CC. The van der Waals surface area contributed by atoms with Gasteiger partial charge in [-0.25, -0.2) is 0 Å². The normalized spacial score (nSPS) is 16.3. The Bertz CT molecular complexity index is 519. The largest absolute Gasteiger partial charge is 0.493 e. The number of likely N-dealkylation sites (tertiary alicyclic amines) is 1. The molecule has 0 unspecified atom stereocenters. The summed E-state index contributed by atoms with van der Waals surface area (Å²) in [5, 5.41) is 0. The molecule has 3 nitrogen and oxygen atoms in total. The number of rotatable bonds is 9. The second-order valence-corrected chi connectivity index (χ2v) is 6.89. The molecule has 134 valence electrons. The van der Waals surface area contributed by atoms with Crippen LogP contribution < -0.4 is 4.74 Å². The second-order valence-electron chi connectivity index (χ2n) is 6.89. The Morgan fingerprint density at radius 3 is 2.58 bits per heavy atom. The molecule has 0 aromatic heterocycles. The third-order valence-corrected chi connectivity index (χ3v) is 5.16. The van der Waals surface area contributed by atoms with Crippen molar-refractivity contribution in [1.82, 2.24) is 4.90 Å². The number of carbonyl (C=O) groups excluding carboxylic acids is 1. The number of nitrogens with zero attached hydrogens (tertiary/aromatic N) is 1. The third kappa shape index (κ3) is 5.34. The number of hydrogen-bond donors (Lipinski definition) is 0. The van der Waals surface area contributed by atoms with Crippen LogP contribution >= 0.6 is 0 Å². The van der Waals surface area contributed by atoms with Crippen LogP contribution in [0.5, 0.6) is 5.75 Å². The summed E-state index contributed by atoms with van der Waals surface area (Å²) in [6, 6.07) is 5.92. The first-order valence-electron chi connectivity index (χ1n) is 9.69. The van der Waals surface area contributed by atoms with Crippen molar-refractivity contribution in [1.29, 1.82) is 0 Å². The Hall–Kier alpha value is -1.35. The topological polar surface area (TPSA) is 29.5 Å². The van der Waals surface area contributed by atoms with Gasteiger partial charge in [-0.2, -0.15) is 0 Å². The molecule has 1 aromatic carbocycles.